The highest BCUT2D eigenvalue weighted by molar-refractivity contribution is 9.10. The first-order chi connectivity index (χ1) is 23.4. The van der Waals surface area contributed by atoms with Gasteiger partial charge in [-0.25, -0.2) is 9.79 Å². The van der Waals surface area contributed by atoms with Crippen LogP contribution in [0.2, 0.25) is 0 Å². The molecule has 0 radical (unpaired) electrons. The van der Waals surface area contributed by atoms with Crippen LogP contribution >= 0.6 is 27.3 Å². The highest BCUT2D eigenvalue weighted by Crippen LogP contribution is 2.40. The number of methoxy groups -OCH3 is 1. The topological polar surface area (TPSA) is 95.1 Å². The summed E-state index contributed by atoms with van der Waals surface area (Å²) in [6, 6.07) is 22.0. The maximum Gasteiger partial charge on any atom is 0.338 e. The molecule has 2 aliphatic rings. The second-order valence-corrected chi connectivity index (χ2v) is 13.6. The summed E-state index contributed by atoms with van der Waals surface area (Å²) in [4.78, 5) is 48.8. The molecule has 4 heterocycles. The van der Waals surface area contributed by atoms with Gasteiger partial charge >= 0.3 is 5.97 Å². The lowest BCUT2D eigenvalue weighted by Crippen LogP contribution is -2.40. The summed E-state index contributed by atoms with van der Waals surface area (Å²) >= 11 is 4.84. The molecule has 3 aromatic carbocycles. The average Bonchev–Trinajstić information content (AvgIpc) is 3.84. The Kier molecular flexibility index (Phi) is 8.89. The van der Waals surface area contributed by atoms with E-state index in [1.54, 1.807) is 24.7 Å². The summed E-state index contributed by atoms with van der Waals surface area (Å²) < 4.78 is 16.1. The first-order valence-corrected chi connectivity index (χ1v) is 17.5. The number of nitrogens with zero attached hydrogens (tertiary/aromatic N) is 4. The number of para-hydroxylation sites is 1. The van der Waals surface area contributed by atoms with Crippen LogP contribution in [-0.2, 0) is 20.9 Å². The molecule has 0 N–H and O–H groups in total. The second-order valence-electron chi connectivity index (χ2n) is 11.6. The monoisotopic (exact) mass is 724 g/mol. The van der Waals surface area contributed by atoms with Crippen molar-refractivity contribution in [2.75, 3.05) is 26.8 Å². The molecule has 11 heteroatoms. The van der Waals surface area contributed by atoms with Crippen LogP contribution in [0.4, 0.5) is 0 Å². The molecular formula is C37H33BrN4O5S. The molecule has 7 rings (SSSR count). The van der Waals surface area contributed by atoms with E-state index in [0.29, 0.717) is 26.3 Å². The van der Waals surface area contributed by atoms with Gasteiger partial charge < -0.3 is 18.9 Å². The maximum atomic E-state index is 14.5. The summed E-state index contributed by atoms with van der Waals surface area (Å²) in [5.74, 6) is 0.0360. The van der Waals surface area contributed by atoms with Crippen molar-refractivity contribution in [3.63, 3.8) is 0 Å². The van der Waals surface area contributed by atoms with Crippen LogP contribution in [-0.4, -0.2) is 52.7 Å². The summed E-state index contributed by atoms with van der Waals surface area (Å²) in [6.45, 7) is 3.70. The Balaban J connectivity index is 1.45. The van der Waals surface area contributed by atoms with Crippen LogP contribution in [0.1, 0.15) is 42.5 Å². The number of amides is 1. The van der Waals surface area contributed by atoms with Crippen LogP contribution in [0.15, 0.2) is 98.8 Å². The zero-order valence-electron chi connectivity index (χ0n) is 26.5. The van der Waals surface area contributed by atoms with E-state index < -0.39 is 12.0 Å². The van der Waals surface area contributed by atoms with Crippen molar-refractivity contribution in [3.05, 3.63) is 125 Å². The first-order valence-electron chi connectivity index (χ1n) is 15.9. The summed E-state index contributed by atoms with van der Waals surface area (Å²) in [5, 5.41) is 0.931. The minimum Gasteiger partial charge on any atom is -0.496 e. The second kappa shape index (κ2) is 13.4. The number of thiazole rings is 1. The molecule has 244 valence electrons. The Hall–Kier alpha value is -4.74. The SMILES string of the molecule is CCOC(=O)C1=C(c2ccccc2)N=c2s/c(=C\c3cn(CC(=O)N4CCCC4)c4ccccc34)c(=O)n2[C@@H]1c1cc(Br)ccc1OC. The Labute approximate surface area is 289 Å². The molecule has 5 aromatic rings. The zero-order chi connectivity index (χ0) is 33.4. The molecule has 0 saturated carbocycles. The molecule has 0 bridgehead atoms. The molecule has 1 atom stereocenters. The van der Waals surface area contributed by atoms with Gasteiger partial charge in [0.05, 0.1) is 29.5 Å². The summed E-state index contributed by atoms with van der Waals surface area (Å²) in [7, 11) is 1.56. The number of benzene rings is 3. The lowest BCUT2D eigenvalue weighted by molar-refractivity contribution is -0.139. The number of halogens is 1. The number of fused-ring (bicyclic) bond motifs is 2. The Bertz CT molecular complexity index is 2260. The Morgan fingerprint density at radius 1 is 1.04 bits per heavy atom. The van der Waals surface area contributed by atoms with E-state index in [4.69, 9.17) is 14.5 Å². The first kappa shape index (κ1) is 31.8. The van der Waals surface area contributed by atoms with Gasteiger partial charge in [-0.1, -0.05) is 75.8 Å². The van der Waals surface area contributed by atoms with Gasteiger partial charge in [0, 0.05) is 51.4 Å². The van der Waals surface area contributed by atoms with Gasteiger partial charge in [-0.2, -0.15) is 0 Å². The van der Waals surface area contributed by atoms with E-state index in [-0.39, 0.29) is 30.2 Å². The number of hydrogen-bond acceptors (Lipinski definition) is 7. The van der Waals surface area contributed by atoms with Crippen LogP contribution in [0, 0.1) is 0 Å². The van der Waals surface area contributed by atoms with Gasteiger partial charge in [-0.3, -0.25) is 14.2 Å². The van der Waals surface area contributed by atoms with Crippen molar-refractivity contribution in [3.8, 4) is 5.75 Å². The molecule has 2 aromatic heterocycles. The zero-order valence-corrected chi connectivity index (χ0v) is 28.9. The van der Waals surface area contributed by atoms with E-state index in [9.17, 15) is 14.4 Å². The maximum absolute atomic E-state index is 14.5. The van der Waals surface area contributed by atoms with Gasteiger partial charge in [0.1, 0.15) is 18.3 Å². The van der Waals surface area contributed by atoms with Gasteiger partial charge in [-0.05, 0) is 50.1 Å². The van der Waals surface area contributed by atoms with E-state index in [1.165, 1.54) is 11.3 Å². The number of ether oxygens (including phenoxy) is 2. The fourth-order valence-electron chi connectivity index (χ4n) is 6.53. The third-order valence-corrected chi connectivity index (χ3v) is 10.2. The third kappa shape index (κ3) is 5.81. The normalized spacial score (nSPS) is 16.3. The highest BCUT2D eigenvalue weighted by Gasteiger charge is 2.37. The van der Waals surface area contributed by atoms with Crippen molar-refractivity contribution in [1.29, 1.82) is 0 Å². The highest BCUT2D eigenvalue weighted by atomic mass is 79.9. The Morgan fingerprint density at radius 2 is 1.79 bits per heavy atom. The predicted octanol–water partition coefficient (Wildman–Crippen LogP) is 5.28. The van der Waals surface area contributed by atoms with Gasteiger partial charge in [-0.15, -0.1) is 0 Å². The van der Waals surface area contributed by atoms with E-state index >= 15 is 0 Å². The van der Waals surface area contributed by atoms with Gasteiger partial charge in [0.15, 0.2) is 4.80 Å². The van der Waals surface area contributed by atoms with Crippen molar-refractivity contribution < 1.29 is 19.1 Å². The number of esters is 1. The lowest BCUT2D eigenvalue weighted by Gasteiger charge is -2.27. The molecule has 48 heavy (non-hydrogen) atoms. The molecule has 0 spiro atoms. The fourth-order valence-corrected chi connectivity index (χ4v) is 7.90. The molecule has 2 aliphatic heterocycles. The van der Waals surface area contributed by atoms with Crippen molar-refractivity contribution in [1.82, 2.24) is 14.0 Å². The quantitative estimate of drug-likeness (QED) is 0.203. The smallest absolute Gasteiger partial charge is 0.338 e. The number of carbonyl (C=O) groups is 2. The van der Waals surface area contributed by atoms with E-state index in [2.05, 4.69) is 15.9 Å². The number of rotatable bonds is 8. The minimum atomic E-state index is -0.885. The van der Waals surface area contributed by atoms with Crippen LogP contribution in [0.3, 0.4) is 0 Å². The predicted molar refractivity (Wildman–Crippen MR) is 190 cm³/mol. The number of hydrogen-bond donors (Lipinski definition) is 0. The fraction of sp³-hybridized carbons (Fsp3) is 0.243. The molecule has 1 saturated heterocycles. The molecule has 0 unspecified atom stereocenters. The van der Waals surface area contributed by atoms with Crippen LogP contribution < -0.4 is 19.6 Å². The van der Waals surface area contributed by atoms with Crippen LogP contribution in [0.25, 0.3) is 22.7 Å². The van der Waals surface area contributed by atoms with Crippen LogP contribution in [0.5, 0.6) is 5.75 Å². The molecule has 1 fully saturated rings. The standard InChI is InChI=1S/C37H33BrN4O5S/c1-3-47-36(45)32-33(23-11-5-4-6-12-23)39-37-42(34(32)27-20-25(38)15-16-29(27)46-2)35(44)30(48-37)19-24-21-41(28-14-8-7-13-26(24)28)22-31(43)40-17-9-10-18-40/h4-8,11-16,19-21,34H,3,9-10,17-18,22H2,1-2H3/b30-19-/t34-/m1/s1. The van der Waals surface area contributed by atoms with Gasteiger partial charge in [0.25, 0.3) is 5.56 Å². The molecule has 1 amide bonds. The van der Waals surface area contributed by atoms with Crippen molar-refractivity contribution in [2.24, 2.45) is 4.99 Å². The Morgan fingerprint density at radius 3 is 2.54 bits per heavy atom. The third-order valence-electron chi connectivity index (χ3n) is 8.73. The van der Waals surface area contributed by atoms with E-state index in [0.717, 1.165) is 52.4 Å². The number of likely N-dealkylation sites (tertiary alicyclic amines) is 1. The number of aromatic nitrogens is 2. The van der Waals surface area contributed by atoms with E-state index in [1.807, 2.05) is 88.5 Å². The lowest BCUT2D eigenvalue weighted by atomic mass is 9.92. The largest absolute Gasteiger partial charge is 0.496 e. The molecule has 9 nitrogen and oxygen atoms in total. The minimum absolute atomic E-state index is 0.0853. The van der Waals surface area contributed by atoms with Crippen molar-refractivity contribution >= 4 is 61.8 Å². The molecule has 0 aliphatic carbocycles. The summed E-state index contributed by atoms with van der Waals surface area (Å²) in [5.41, 5.74) is 3.45. The van der Waals surface area contributed by atoms with Gasteiger partial charge in [0.2, 0.25) is 5.91 Å². The molecular weight excluding hydrogens is 692 g/mol. The average molecular weight is 726 g/mol. The van der Waals surface area contributed by atoms with Crippen molar-refractivity contribution in [2.45, 2.75) is 32.4 Å². The summed E-state index contributed by atoms with van der Waals surface area (Å²) in [6.07, 6.45) is 5.85. The number of carbonyl (C=O) groups excluding carboxylic acids is 2.